The van der Waals surface area contributed by atoms with Gasteiger partial charge in [0.15, 0.2) is 11.0 Å². The molecule has 9 heteroatoms. The first kappa shape index (κ1) is 20.1. The molecule has 1 aromatic heterocycles. The molecule has 0 unspecified atom stereocenters. The third-order valence-corrected chi connectivity index (χ3v) is 5.43. The summed E-state index contributed by atoms with van der Waals surface area (Å²) in [5.41, 5.74) is 6.96. The van der Waals surface area contributed by atoms with Crippen molar-refractivity contribution >= 4 is 45.2 Å². The van der Waals surface area contributed by atoms with Crippen LogP contribution in [-0.2, 0) is 11.3 Å². The van der Waals surface area contributed by atoms with E-state index in [0.717, 1.165) is 15.9 Å². The number of nitrogens with zero attached hydrogens (tertiary/aromatic N) is 3. The number of benzene rings is 2. The Hall–Kier alpha value is -2.65. The van der Waals surface area contributed by atoms with Gasteiger partial charge in [-0.3, -0.25) is 9.59 Å². The van der Waals surface area contributed by atoms with Crippen molar-refractivity contribution in [2.45, 2.75) is 18.6 Å². The molecule has 28 heavy (non-hydrogen) atoms. The zero-order valence-electron chi connectivity index (χ0n) is 15.1. The number of thioether (sulfide) groups is 1. The van der Waals surface area contributed by atoms with E-state index in [1.54, 1.807) is 24.3 Å². The lowest BCUT2D eigenvalue weighted by molar-refractivity contribution is -0.113. The minimum absolute atomic E-state index is 0.131. The van der Waals surface area contributed by atoms with E-state index in [-0.39, 0.29) is 17.2 Å². The summed E-state index contributed by atoms with van der Waals surface area (Å²) < 4.78 is 2.94. The second-order valence-electron chi connectivity index (χ2n) is 5.80. The molecule has 0 bridgehead atoms. The first-order chi connectivity index (χ1) is 13.5. The number of hydrogen-bond acceptors (Lipinski definition) is 5. The van der Waals surface area contributed by atoms with Crippen LogP contribution in [0.2, 0.25) is 0 Å². The van der Waals surface area contributed by atoms with Gasteiger partial charge in [0.05, 0.1) is 17.0 Å². The van der Waals surface area contributed by atoms with Gasteiger partial charge in [0.25, 0.3) is 5.91 Å². The first-order valence-electron chi connectivity index (χ1n) is 8.50. The number of hydrogen-bond donors (Lipinski definition) is 2. The molecule has 0 radical (unpaired) electrons. The number of nitrogens with one attached hydrogen (secondary N) is 1. The molecule has 0 saturated heterocycles. The van der Waals surface area contributed by atoms with E-state index in [9.17, 15) is 9.59 Å². The summed E-state index contributed by atoms with van der Waals surface area (Å²) in [5.74, 6) is 0.0333. The summed E-state index contributed by atoms with van der Waals surface area (Å²) in [6.07, 6.45) is 0. The molecule has 0 aliphatic heterocycles. The maximum Gasteiger partial charge on any atom is 0.250 e. The molecular weight excluding hydrogens is 442 g/mol. The van der Waals surface area contributed by atoms with Crippen LogP contribution in [0.4, 0.5) is 5.69 Å². The molecule has 2 aromatic carbocycles. The van der Waals surface area contributed by atoms with Crippen LogP contribution < -0.4 is 11.1 Å². The van der Waals surface area contributed by atoms with E-state index in [1.807, 2.05) is 35.8 Å². The molecule has 0 spiro atoms. The number of primary amides is 1. The van der Waals surface area contributed by atoms with Gasteiger partial charge in [0.1, 0.15) is 0 Å². The zero-order valence-corrected chi connectivity index (χ0v) is 17.5. The van der Waals surface area contributed by atoms with Crippen LogP contribution in [-0.4, -0.2) is 32.3 Å². The van der Waals surface area contributed by atoms with Crippen LogP contribution in [0.5, 0.6) is 0 Å². The SMILES string of the molecule is CCn1c(SCC(=O)Nc2ccccc2C(N)=O)nnc1-c1ccc(Br)cc1. The van der Waals surface area contributed by atoms with Crippen LogP contribution in [0.1, 0.15) is 17.3 Å². The smallest absolute Gasteiger partial charge is 0.250 e. The average Bonchev–Trinajstić information content (AvgIpc) is 3.10. The Balaban J connectivity index is 1.70. The predicted octanol–water partition coefficient (Wildman–Crippen LogP) is 3.56. The summed E-state index contributed by atoms with van der Waals surface area (Å²) in [7, 11) is 0. The van der Waals surface area contributed by atoms with E-state index in [1.165, 1.54) is 11.8 Å². The lowest BCUT2D eigenvalue weighted by atomic mass is 10.1. The molecule has 0 fully saturated rings. The minimum Gasteiger partial charge on any atom is -0.366 e. The van der Waals surface area contributed by atoms with E-state index in [4.69, 9.17) is 5.73 Å². The second-order valence-corrected chi connectivity index (χ2v) is 7.66. The number of carbonyl (C=O) groups excluding carboxylic acids is 2. The second kappa shape index (κ2) is 9.03. The van der Waals surface area contributed by atoms with Gasteiger partial charge in [-0.1, -0.05) is 52.0 Å². The van der Waals surface area contributed by atoms with Crippen molar-refractivity contribution in [2.24, 2.45) is 5.73 Å². The van der Waals surface area contributed by atoms with Crippen LogP contribution in [0.3, 0.4) is 0 Å². The van der Waals surface area contributed by atoms with Crippen LogP contribution in [0.15, 0.2) is 58.2 Å². The largest absolute Gasteiger partial charge is 0.366 e. The predicted molar refractivity (Wildman–Crippen MR) is 113 cm³/mol. The number of aromatic nitrogens is 3. The topological polar surface area (TPSA) is 103 Å². The molecule has 3 N–H and O–H groups in total. The molecule has 0 saturated carbocycles. The standard InChI is InChI=1S/C19H18BrN5O2S/c1-2-25-18(12-7-9-13(20)10-8-12)23-24-19(25)28-11-16(26)22-15-6-4-3-5-14(15)17(21)27/h3-10H,2,11H2,1H3,(H2,21,27)(H,22,26). The maximum atomic E-state index is 12.3. The Kier molecular flexibility index (Phi) is 6.48. The van der Waals surface area contributed by atoms with Gasteiger partial charge in [-0.05, 0) is 31.2 Å². The summed E-state index contributed by atoms with van der Waals surface area (Å²) in [5, 5.41) is 11.9. The summed E-state index contributed by atoms with van der Waals surface area (Å²) in [4.78, 5) is 23.8. The fraction of sp³-hybridized carbons (Fsp3) is 0.158. The molecule has 1 heterocycles. The lowest BCUT2D eigenvalue weighted by Gasteiger charge is -2.09. The highest BCUT2D eigenvalue weighted by atomic mass is 79.9. The Morgan fingerprint density at radius 3 is 2.54 bits per heavy atom. The third-order valence-electron chi connectivity index (χ3n) is 3.93. The maximum absolute atomic E-state index is 12.3. The number of amides is 2. The Morgan fingerprint density at radius 1 is 1.14 bits per heavy atom. The number of rotatable bonds is 7. The number of nitrogens with two attached hydrogens (primary N) is 1. The third kappa shape index (κ3) is 4.60. The van der Waals surface area contributed by atoms with E-state index in [0.29, 0.717) is 17.4 Å². The highest BCUT2D eigenvalue weighted by Crippen LogP contribution is 2.25. The summed E-state index contributed by atoms with van der Waals surface area (Å²) in [6.45, 7) is 2.67. The van der Waals surface area contributed by atoms with Gasteiger partial charge in [0, 0.05) is 16.6 Å². The Labute approximate surface area is 174 Å². The molecule has 7 nitrogen and oxygen atoms in total. The molecule has 3 aromatic rings. The van der Waals surface area contributed by atoms with Crippen LogP contribution >= 0.6 is 27.7 Å². The van der Waals surface area contributed by atoms with Gasteiger partial charge in [-0.25, -0.2) is 0 Å². The highest BCUT2D eigenvalue weighted by Gasteiger charge is 2.16. The summed E-state index contributed by atoms with van der Waals surface area (Å²) in [6, 6.07) is 14.4. The number of anilines is 1. The van der Waals surface area contributed by atoms with E-state index >= 15 is 0 Å². The number of para-hydroxylation sites is 1. The molecule has 0 atom stereocenters. The lowest BCUT2D eigenvalue weighted by Crippen LogP contribution is -2.19. The van der Waals surface area contributed by atoms with Crippen molar-refractivity contribution < 1.29 is 9.59 Å². The molecule has 0 aliphatic rings. The van der Waals surface area contributed by atoms with Gasteiger partial charge < -0.3 is 15.6 Å². The monoisotopic (exact) mass is 459 g/mol. The molecule has 0 aliphatic carbocycles. The van der Waals surface area contributed by atoms with Gasteiger partial charge >= 0.3 is 0 Å². The normalized spacial score (nSPS) is 10.6. The quantitative estimate of drug-likeness (QED) is 0.525. The molecular formula is C19H18BrN5O2S. The Morgan fingerprint density at radius 2 is 1.86 bits per heavy atom. The van der Waals surface area contributed by atoms with E-state index in [2.05, 4.69) is 31.4 Å². The van der Waals surface area contributed by atoms with Crippen molar-refractivity contribution in [3.8, 4) is 11.4 Å². The fourth-order valence-corrected chi connectivity index (χ4v) is 3.68. The zero-order chi connectivity index (χ0) is 20.1. The van der Waals surface area contributed by atoms with Crippen molar-refractivity contribution in [1.82, 2.24) is 14.8 Å². The average molecular weight is 460 g/mol. The first-order valence-corrected chi connectivity index (χ1v) is 10.3. The van der Waals surface area contributed by atoms with Crippen molar-refractivity contribution in [1.29, 1.82) is 0 Å². The minimum atomic E-state index is -0.589. The van der Waals surface area contributed by atoms with E-state index < -0.39 is 5.91 Å². The number of carbonyl (C=O) groups is 2. The highest BCUT2D eigenvalue weighted by molar-refractivity contribution is 9.10. The molecule has 144 valence electrons. The number of halogens is 1. The summed E-state index contributed by atoms with van der Waals surface area (Å²) >= 11 is 4.70. The van der Waals surface area contributed by atoms with Gasteiger partial charge in [0.2, 0.25) is 5.91 Å². The van der Waals surface area contributed by atoms with Crippen LogP contribution in [0, 0.1) is 0 Å². The van der Waals surface area contributed by atoms with Crippen LogP contribution in [0.25, 0.3) is 11.4 Å². The van der Waals surface area contributed by atoms with Crippen molar-refractivity contribution in [3.05, 3.63) is 58.6 Å². The fourth-order valence-electron chi connectivity index (χ4n) is 2.62. The molecule has 2 amide bonds. The van der Waals surface area contributed by atoms with Crippen molar-refractivity contribution in [3.63, 3.8) is 0 Å². The van der Waals surface area contributed by atoms with Gasteiger partial charge in [-0.2, -0.15) is 0 Å². The van der Waals surface area contributed by atoms with Gasteiger partial charge in [-0.15, -0.1) is 10.2 Å². The Bertz CT molecular complexity index is 1000. The molecule has 3 rings (SSSR count). The van der Waals surface area contributed by atoms with Crippen molar-refractivity contribution in [2.75, 3.05) is 11.1 Å².